The van der Waals surface area contributed by atoms with E-state index < -0.39 is 0 Å². The molecule has 0 aromatic heterocycles. The molecule has 3 nitrogen and oxygen atoms in total. The van der Waals surface area contributed by atoms with E-state index in [-0.39, 0.29) is 0 Å². The number of amidine groups is 1. The molecular weight excluding hydrogens is 230 g/mol. The van der Waals surface area contributed by atoms with E-state index in [1.54, 1.807) is 11.8 Å². The van der Waals surface area contributed by atoms with Crippen molar-refractivity contribution >= 4 is 17.6 Å². The molecule has 0 unspecified atom stereocenters. The Morgan fingerprint density at radius 1 is 1.41 bits per heavy atom. The van der Waals surface area contributed by atoms with Crippen molar-refractivity contribution in [2.24, 2.45) is 22.6 Å². The molecule has 1 aromatic carbocycles. The van der Waals surface area contributed by atoms with Crippen LogP contribution in [0.5, 0.6) is 0 Å². The second-order valence-electron chi connectivity index (χ2n) is 4.22. The fraction of sp³-hybridized carbons (Fsp3) is 0.308. The molecule has 0 bridgehead atoms. The summed E-state index contributed by atoms with van der Waals surface area (Å²) in [5, 5.41) is 3.51. The Morgan fingerprint density at radius 2 is 2.06 bits per heavy atom. The van der Waals surface area contributed by atoms with E-state index in [2.05, 4.69) is 32.5 Å². The molecule has 0 aliphatic rings. The summed E-state index contributed by atoms with van der Waals surface area (Å²) in [5.41, 5.74) is 7.74. The third-order valence-electron chi connectivity index (χ3n) is 2.51. The third-order valence-corrected chi connectivity index (χ3v) is 3.90. The van der Waals surface area contributed by atoms with Crippen molar-refractivity contribution < 1.29 is 0 Å². The molecule has 1 aromatic rings. The molecule has 4 heteroatoms. The monoisotopic (exact) mass is 249 g/mol. The molecule has 0 spiro atoms. The number of hydrazone groups is 1. The van der Waals surface area contributed by atoms with Crippen molar-refractivity contribution in [3.05, 3.63) is 40.8 Å². The van der Waals surface area contributed by atoms with Gasteiger partial charge in [0.05, 0.1) is 0 Å². The number of thioether (sulfide) groups is 1. The number of nitrogens with two attached hydrogens (primary N) is 2. The summed E-state index contributed by atoms with van der Waals surface area (Å²) in [5.74, 6) is 5.98. The molecular formula is C13H19N3S. The van der Waals surface area contributed by atoms with Crippen LogP contribution in [0.4, 0.5) is 0 Å². The van der Waals surface area contributed by atoms with E-state index in [1.807, 2.05) is 18.2 Å². The number of allylic oxidation sites excluding steroid dienone is 1. The van der Waals surface area contributed by atoms with Gasteiger partial charge in [0.15, 0.2) is 0 Å². The average molecular weight is 249 g/mol. The first-order chi connectivity index (χ1) is 7.95. The molecule has 0 atom stereocenters. The van der Waals surface area contributed by atoms with Crippen LogP contribution in [-0.4, -0.2) is 5.84 Å². The maximum absolute atomic E-state index is 5.70. The van der Waals surface area contributed by atoms with Gasteiger partial charge in [0.2, 0.25) is 0 Å². The highest BCUT2D eigenvalue weighted by atomic mass is 32.2. The zero-order chi connectivity index (χ0) is 13.0. The lowest BCUT2D eigenvalue weighted by Crippen LogP contribution is -2.15. The molecule has 4 N–H and O–H groups in total. The van der Waals surface area contributed by atoms with Gasteiger partial charge in [0, 0.05) is 10.5 Å². The molecule has 0 saturated heterocycles. The Morgan fingerprint density at radius 3 is 2.59 bits per heavy atom. The summed E-state index contributed by atoms with van der Waals surface area (Å²) in [6.07, 6.45) is 0. The first-order valence-electron chi connectivity index (χ1n) is 5.46. The van der Waals surface area contributed by atoms with Crippen molar-refractivity contribution in [3.63, 3.8) is 0 Å². The van der Waals surface area contributed by atoms with E-state index in [0.29, 0.717) is 11.8 Å². The minimum Gasteiger partial charge on any atom is -0.382 e. The van der Waals surface area contributed by atoms with Gasteiger partial charge < -0.3 is 11.6 Å². The van der Waals surface area contributed by atoms with Crippen molar-refractivity contribution in [2.45, 2.75) is 25.7 Å². The quantitative estimate of drug-likeness (QED) is 0.283. The van der Waals surface area contributed by atoms with Crippen molar-refractivity contribution in [1.29, 1.82) is 0 Å². The SMILES string of the molecule is C=C(Sc1cc(/C(N)=N/N)ccc1C)C(C)C. The lowest BCUT2D eigenvalue weighted by atomic mass is 10.1. The summed E-state index contributed by atoms with van der Waals surface area (Å²) >= 11 is 1.67. The second kappa shape index (κ2) is 5.77. The van der Waals surface area contributed by atoms with E-state index in [0.717, 1.165) is 15.4 Å². The third kappa shape index (κ3) is 3.53. The summed E-state index contributed by atoms with van der Waals surface area (Å²) in [6, 6.07) is 5.94. The highest BCUT2D eigenvalue weighted by molar-refractivity contribution is 8.03. The molecule has 1 rings (SSSR count). The van der Waals surface area contributed by atoms with E-state index in [9.17, 15) is 0 Å². The van der Waals surface area contributed by atoms with E-state index in [4.69, 9.17) is 11.6 Å². The van der Waals surface area contributed by atoms with Gasteiger partial charge in [-0.25, -0.2) is 0 Å². The zero-order valence-corrected chi connectivity index (χ0v) is 11.3. The van der Waals surface area contributed by atoms with Crippen LogP contribution < -0.4 is 11.6 Å². The van der Waals surface area contributed by atoms with E-state index in [1.165, 1.54) is 5.56 Å². The summed E-state index contributed by atoms with van der Waals surface area (Å²) < 4.78 is 0. The normalized spacial score (nSPS) is 11.9. The predicted octanol–water partition coefficient (Wildman–Crippen LogP) is 2.84. The smallest absolute Gasteiger partial charge is 0.150 e. The predicted molar refractivity (Wildman–Crippen MR) is 75.9 cm³/mol. The Balaban J connectivity index is 3.03. The number of hydrogen-bond donors (Lipinski definition) is 2. The highest BCUT2D eigenvalue weighted by Crippen LogP contribution is 2.32. The maximum atomic E-state index is 5.70. The molecule has 17 heavy (non-hydrogen) atoms. The Hall–Kier alpha value is -1.42. The summed E-state index contributed by atoms with van der Waals surface area (Å²) in [4.78, 5) is 2.28. The standard InChI is InChI=1S/C13H19N3S/c1-8(2)10(4)17-12-7-11(13(14)16-15)6-5-9(12)3/h5-8H,4,15H2,1-3H3,(H2,14,16). The zero-order valence-electron chi connectivity index (χ0n) is 10.5. The van der Waals surface area contributed by atoms with Crippen molar-refractivity contribution in [3.8, 4) is 0 Å². The van der Waals surface area contributed by atoms with Crippen molar-refractivity contribution in [1.82, 2.24) is 0 Å². The van der Waals surface area contributed by atoms with Crippen LogP contribution in [0.25, 0.3) is 0 Å². The Kier molecular flexibility index (Phi) is 4.63. The number of aryl methyl sites for hydroxylation is 1. The lowest BCUT2D eigenvalue weighted by molar-refractivity contribution is 0.819. The maximum Gasteiger partial charge on any atom is 0.150 e. The van der Waals surface area contributed by atoms with Gasteiger partial charge in [0.25, 0.3) is 0 Å². The van der Waals surface area contributed by atoms with Crippen LogP contribution in [0.3, 0.4) is 0 Å². The van der Waals surface area contributed by atoms with Gasteiger partial charge >= 0.3 is 0 Å². The Bertz CT molecular complexity index is 450. The van der Waals surface area contributed by atoms with Crippen molar-refractivity contribution in [2.75, 3.05) is 0 Å². The fourth-order valence-corrected chi connectivity index (χ4v) is 2.14. The number of rotatable bonds is 4. The van der Waals surface area contributed by atoms with Crippen LogP contribution in [0.15, 0.2) is 39.7 Å². The number of benzene rings is 1. The van der Waals surface area contributed by atoms with Crippen LogP contribution >= 0.6 is 11.8 Å². The van der Waals surface area contributed by atoms with Gasteiger partial charge in [0.1, 0.15) is 5.84 Å². The van der Waals surface area contributed by atoms with Gasteiger partial charge in [-0.3, -0.25) is 0 Å². The Labute approximate surface area is 107 Å². The van der Waals surface area contributed by atoms with E-state index >= 15 is 0 Å². The van der Waals surface area contributed by atoms with Gasteiger partial charge in [-0.2, -0.15) is 5.10 Å². The summed E-state index contributed by atoms with van der Waals surface area (Å²) in [7, 11) is 0. The molecule has 0 heterocycles. The number of nitrogens with zero attached hydrogens (tertiary/aromatic N) is 1. The molecule has 0 fully saturated rings. The topological polar surface area (TPSA) is 64.4 Å². The van der Waals surface area contributed by atoms with Crippen LogP contribution in [0.1, 0.15) is 25.0 Å². The number of hydrogen-bond acceptors (Lipinski definition) is 3. The van der Waals surface area contributed by atoms with Crippen LogP contribution in [0.2, 0.25) is 0 Å². The molecule has 0 aliphatic heterocycles. The highest BCUT2D eigenvalue weighted by Gasteiger charge is 2.08. The second-order valence-corrected chi connectivity index (χ2v) is 5.39. The lowest BCUT2D eigenvalue weighted by Gasteiger charge is -2.12. The molecule has 0 radical (unpaired) electrons. The minimum absolute atomic E-state index is 0.349. The first-order valence-corrected chi connectivity index (χ1v) is 6.28. The van der Waals surface area contributed by atoms with Crippen LogP contribution in [-0.2, 0) is 0 Å². The van der Waals surface area contributed by atoms with Crippen LogP contribution in [0, 0.1) is 12.8 Å². The minimum atomic E-state index is 0.349. The first kappa shape index (κ1) is 13.6. The van der Waals surface area contributed by atoms with Gasteiger partial charge in [-0.1, -0.05) is 44.3 Å². The molecule has 92 valence electrons. The fourth-order valence-electron chi connectivity index (χ4n) is 1.20. The summed E-state index contributed by atoms with van der Waals surface area (Å²) in [6.45, 7) is 10.4. The molecule has 0 aliphatic carbocycles. The molecule has 0 saturated carbocycles. The average Bonchev–Trinajstić information content (AvgIpc) is 2.30. The van der Waals surface area contributed by atoms with Gasteiger partial charge in [-0.05, 0) is 29.4 Å². The van der Waals surface area contributed by atoms with Gasteiger partial charge in [-0.15, -0.1) is 0 Å². The largest absolute Gasteiger partial charge is 0.382 e. The molecule has 0 amide bonds.